The number of nitrogens with one attached hydrogen (secondary N) is 1. The summed E-state index contributed by atoms with van der Waals surface area (Å²) < 4.78 is -1.07. The Morgan fingerprint density at radius 2 is 1.76 bits per heavy atom. The van der Waals surface area contributed by atoms with Crippen LogP contribution in [0.2, 0.25) is 5.02 Å². The van der Waals surface area contributed by atoms with Crippen LogP contribution in [0.25, 0.3) is 0 Å². The number of rotatable bonds is 3. The largest absolute Gasteiger partial charge is 0.326 e. The van der Waals surface area contributed by atoms with Gasteiger partial charge in [0, 0.05) is 16.6 Å². The van der Waals surface area contributed by atoms with Crippen LogP contribution in [0.4, 0.5) is 5.69 Å². The molecule has 108 valence electrons. The van der Waals surface area contributed by atoms with Gasteiger partial charge in [0.25, 0.3) is 0 Å². The fourth-order valence-electron chi connectivity index (χ4n) is 2.51. The summed E-state index contributed by atoms with van der Waals surface area (Å²) in [4.78, 5) is 12.4. The van der Waals surface area contributed by atoms with Gasteiger partial charge in [0.2, 0.25) is 5.91 Å². The number of alkyl halides is 2. The molecule has 1 amide bonds. The van der Waals surface area contributed by atoms with Crippen molar-refractivity contribution in [3.63, 3.8) is 0 Å². The molecule has 5 heteroatoms. The van der Waals surface area contributed by atoms with Crippen molar-refractivity contribution in [2.45, 2.75) is 10.3 Å². The van der Waals surface area contributed by atoms with Gasteiger partial charge in [-0.15, -0.1) is 23.2 Å². The highest BCUT2D eigenvalue weighted by molar-refractivity contribution is 6.53. The van der Waals surface area contributed by atoms with Crippen molar-refractivity contribution < 1.29 is 4.79 Å². The fourth-order valence-corrected chi connectivity index (χ4v) is 3.53. The summed E-state index contributed by atoms with van der Waals surface area (Å²) in [6.45, 7) is 0. The number of carbonyl (C=O) groups excluding carboxylic acids is 1. The third-order valence-corrected chi connectivity index (χ3v) is 4.76. The number of hydrogen-bond acceptors (Lipinski definition) is 1. The van der Waals surface area contributed by atoms with Crippen LogP contribution in [0.1, 0.15) is 11.5 Å². The van der Waals surface area contributed by atoms with Crippen LogP contribution in [0.5, 0.6) is 0 Å². The van der Waals surface area contributed by atoms with Crippen molar-refractivity contribution in [1.82, 2.24) is 0 Å². The quantitative estimate of drug-likeness (QED) is 0.794. The zero-order valence-electron chi connectivity index (χ0n) is 10.9. The van der Waals surface area contributed by atoms with E-state index < -0.39 is 10.3 Å². The zero-order valence-corrected chi connectivity index (χ0v) is 13.2. The Morgan fingerprint density at radius 1 is 1.05 bits per heavy atom. The van der Waals surface area contributed by atoms with E-state index in [0.717, 1.165) is 5.56 Å². The van der Waals surface area contributed by atoms with Crippen molar-refractivity contribution in [2.75, 3.05) is 5.32 Å². The fraction of sp³-hybridized carbons (Fsp3) is 0.188. The van der Waals surface area contributed by atoms with Crippen LogP contribution >= 0.6 is 34.8 Å². The molecule has 0 bridgehead atoms. The van der Waals surface area contributed by atoms with E-state index >= 15 is 0 Å². The Kier molecular flexibility index (Phi) is 3.87. The molecule has 1 aliphatic rings. The number of hydrogen-bond donors (Lipinski definition) is 1. The topological polar surface area (TPSA) is 29.1 Å². The minimum absolute atomic E-state index is 0.193. The SMILES string of the molecule is O=C(Nc1cccc(Cl)c1)[C@@H]1[C@@H](c2ccccc2)C1(Cl)Cl. The van der Waals surface area contributed by atoms with Gasteiger partial charge in [-0.3, -0.25) is 4.79 Å². The summed E-state index contributed by atoms with van der Waals surface area (Å²) in [5.41, 5.74) is 1.60. The third kappa shape index (κ3) is 2.89. The molecule has 1 fully saturated rings. The van der Waals surface area contributed by atoms with Crippen LogP contribution in [0, 0.1) is 5.92 Å². The molecule has 1 saturated carbocycles. The number of amides is 1. The zero-order chi connectivity index (χ0) is 15.0. The lowest BCUT2D eigenvalue weighted by Gasteiger charge is -2.05. The van der Waals surface area contributed by atoms with E-state index in [0.29, 0.717) is 10.7 Å². The molecule has 2 nitrogen and oxygen atoms in total. The summed E-state index contributed by atoms with van der Waals surface area (Å²) in [6, 6.07) is 16.6. The van der Waals surface area contributed by atoms with Gasteiger partial charge in [0.1, 0.15) is 4.33 Å². The second-order valence-electron chi connectivity index (χ2n) is 5.04. The van der Waals surface area contributed by atoms with E-state index in [2.05, 4.69) is 5.32 Å². The molecule has 0 unspecified atom stereocenters. The van der Waals surface area contributed by atoms with Crippen molar-refractivity contribution in [2.24, 2.45) is 5.92 Å². The van der Waals surface area contributed by atoms with Gasteiger partial charge in [-0.2, -0.15) is 0 Å². The number of halogens is 3. The molecule has 0 aliphatic heterocycles. The summed E-state index contributed by atoms with van der Waals surface area (Å²) in [5, 5.41) is 3.37. The van der Waals surface area contributed by atoms with Gasteiger partial charge in [-0.25, -0.2) is 0 Å². The average Bonchev–Trinajstić information content (AvgIpc) is 3.03. The maximum absolute atomic E-state index is 12.4. The second-order valence-corrected chi connectivity index (χ2v) is 6.92. The predicted octanol–water partition coefficient (Wildman–Crippen LogP) is 4.87. The van der Waals surface area contributed by atoms with Crippen LogP contribution in [0.15, 0.2) is 54.6 Å². The lowest BCUT2D eigenvalue weighted by Crippen LogP contribution is -2.17. The van der Waals surface area contributed by atoms with Crippen molar-refractivity contribution >= 4 is 46.4 Å². The van der Waals surface area contributed by atoms with Crippen LogP contribution < -0.4 is 5.32 Å². The van der Waals surface area contributed by atoms with E-state index in [4.69, 9.17) is 34.8 Å². The first kappa shape index (κ1) is 14.7. The molecule has 2 aromatic carbocycles. The molecule has 0 heterocycles. The number of benzene rings is 2. The monoisotopic (exact) mass is 339 g/mol. The maximum Gasteiger partial charge on any atom is 0.231 e. The normalized spacial score (nSPS) is 22.6. The maximum atomic E-state index is 12.4. The van der Waals surface area contributed by atoms with Crippen LogP contribution in [-0.2, 0) is 4.79 Å². The Bertz CT molecular complexity index is 672. The summed E-state index contributed by atoms with van der Waals surface area (Å²) in [7, 11) is 0. The van der Waals surface area contributed by atoms with E-state index in [1.807, 2.05) is 30.3 Å². The average molecular weight is 341 g/mol. The first-order valence-electron chi connectivity index (χ1n) is 6.49. The molecule has 0 saturated heterocycles. The molecular formula is C16H12Cl3NO. The molecular weight excluding hydrogens is 329 g/mol. The van der Waals surface area contributed by atoms with E-state index in [1.54, 1.807) is 24.3 Å². The standard InChI is InChI=1S/C16H12Cl3NO/c17-11-7-4-8-12(9-11)20-15(21)14-13(16(14,18)19)10-5-2-1-3-6-10/h1-9,13-14H,(H,20,21)/t13-,14+/m1/s1. The summed E-state index contributed by atoms with van der Waals surface area (Å²) in [6.07, 6.45) is 0. The Balaban J connectivity index is 1.77. The van der Waals surface area contributed by atoms with E-state index in [1.165, 1.54) is 0 Å². The highest BCUT2D eigenvalue weighted by Crippen LogP contribution is 2.65. The molecule has 1 aliphatic carbocycles. The lowest BCUT2D eigenvalue weighted by atomic mass is 10.1. The van der Waals surface area contributed by atoms with Gasteiger partial charge < -0.3 is 5.32 Å². The lowest BCUT2D eigenvalue weighted by molar-refractivity contribution is -0.117. The van der Waals surface area contributed by atoms with Gasteiger partial charge in [0.05, 0.1) is 5.92 Å². The van der Waals surface area contributed by atoms with Crippen molar-refractivity contribution in [3.8, 4) is 0 Å². The molecule has 2 atom stereocenters. The van der Waals surface area contributed by atoms with Gasteiger partial charge in [-0.1, -0.05) is 48.0 Å². The third-order valence-electron chi connectivity index (χ3n) is 3.59. The number of anilines is 1. The molecule has 0 aromatic heterocycles. The molecule has 2 aromatic rings. The molecule has 1 N–H and O–H groups in total. The molecule has 0 radical (unpaired) electrons. The minimum Gasteiger partial charge on any atom is -0.326 e. The summed E-state index contributed by atoms with van der Waals surface area (Å²) >= 11 is 18.5. The smallest absolute Gasteiger partial charge is 0.231 e. The van der Waals surface area contributed by atoms with Gasteiger partial charge >= 0.3 is 0 Å². The molecule has 21 heavy (non-hydrogen) atoms. The van der Waals surface area contributed by atoms with Crippen LogP contribution in [-0.4, -0.2) is 10.2 Å². The Labute approximate surface area is 138 Å². The van der Waals surface area contributed by atoms with Crippen molar-refractivity contribution in [3.05, 3.63) is 65.2 Å². The Hall–Kier alpha value is -1.22. The minimum atomic E-state index is -1.07. The molecule has 3 rings (SSSR count). The number of carbonyl (C=O) groups is 1. The summed E-state index contributed by atoms with van der Waals surface area (Å²) in [5.74, 6) is -0.862. The van der Waals surface area contributed by atoms with Crippen molar-refractivity contribution in [1.29, 1.82) is 0 Å². The highest BCUT2D eigenvalue weighted by atomic mass is 35.5. The van der Waals surface area contributed by atoms with Crippen LogP contribution in [0.3, 0.4) is 0 Å². The van der Waals surface area contributed by atoms with Gasteiger partial charge in [-0.05, 0) is 23.8 Å². The highest BCUT2D eigenvalue weighted by Gasteiger charge is 2.67. The van der Waals surface area contributed by atoms with Gasteiger partial charge in [0.15, 0.2) is 0 Å². The first-order chi connectivity index (χ1) is 10.00. The van der Waals surface area contributed by atoms with E-state index in [9.17, 15) is 4.79 Å². The second kappa shape index (κ2) is 5.53. The first-order valence-corrected chi connectivity index (χ1v) is 7.63. The Morgan fingerprint density at radius 3 is 2.43 bits per heavy atom. The van der Waals surface area contributed by atoms with E-state index in [-0.39, 0.29) is 11.8 Å². The predicted molar refractivity (Wildman–Crippen MR) is 87.2 cm³/mol. The molecule has 0 spiro atoms.